The van der Waals surface area contributed by atoms with Crippen molar-refractivity contribution in [1.82, 2.24) is 31.9 Å². The van der Waals surface area contributed by atoms with Crippen LogP contribution < -0.4 is 31.9 Å². The molecule has 0 aromatic rings. The van der Waals surface area contributed by atoms with E-state index < -0.39 is 0 Å². The highest BCUT2D eigenvalue weighted by Crippen LogP contribution is 2.19. The first-order valence-electron chi connectivity index (χ1n) is 11.3. The highest BCUT2D eigenvalue weighted by molar-refractivity contribution is 6.30. The molecule has 0 radical (unpaired) electrons. The zero-order valence-corrected chi connectivity index (χ0v) is 20.6. The Hall–Kier alpha value is -2.98. The summed E-state index contributed by atoms with van der Waals surface area (Å²) in [5, 5.41) is 50.3. The van der Waals surface area contributed by atoms with E-state index in [1.165, 1.54) is 0 Å². The number of rotatable bonds is 9. The van der Waals surface area contributed by atoms with Crippen molar-refractivity contribution in [2.45, 2.75) is 51.4 Å². The van der Waals surface area contributed by atoms with Crippen molar-refractivity contribution >= 4 is 47.0 Å². The van der Waals surface area contributed by atoms with Crippen molar-refractivity contribution in [3.8, 4) is 0 Å². The fourth-order valence-electron chi connectivity index (χ4n) is 3.18. The number of hydrogen-bond donors (Lipinski definition) is 10. The zero-order chi connectivity index (χ0) is 24.8. The van der Waals surface area contributed by atoms with Crippen LogP contribution >= 0.6 is 23.2 Å². The monoisotopic (exact) mass is 508 g/mol. The molecule has 0 aromatic carbocycles. The van der Waals surface area contributed by atoms with Crippen LogP contribution in [0.4, 0.5) is 0 Å². The zero-order valence-electron chi connectivity index (χ0n) is 19.1. The number of nitrogens with one attached hydrogen (secondary N) is 10. The Bertz CT molecular complexity index is 816. The standard InChI is InChI=1S/C22H34Cl2N10/c23-15-5-9-17(10-6-15)31-21(27)33-19(25)29-13-3-1-2-4-14-30-20(26)34-22(28)32-18-11-7-16(24)8-12-18/h5,7,9,11H,1-4,6,8,10,12-14H2,(H5,25,27,29,31,33)(H5,26,28,30,32,34). The van der Waals surface area contributed by atoms with E-state index in [0.717, 1.165) is 72.8 Å². The first-order chi connectivity index (χ1) is 16.3. The molecule has 0 aromatic heterocycles. The molecular formula is C22H34Cl2N10. The molecule has 0 atom stereocenters. The summed E-state index contributed by atoms with van der Waals surface area (Å²) >= 11 is 11.8. The maximum absolute atomic E-state index is 7.89. The van der Waals surface area contributed by atoms with E-state index in [2.05, 4.69) is 31.9 Å². The molecule has 0 bridgehead atoms. The summed E-state index contributed by atoms with van der Waals surface area (Å²) in [6, 6.07) is 0. The molecule has 0 saturated heterocycles. The van der Waals surface area contributed by atoms with Crippen LogP contribution in [-0.4, -0.2) is 36.9 Å². The summed E-state index contributed by atoms with van der Waals surface area (Å²) in [5.74, 6) is 0.278. The Balaban J connectivity index is 1.44. The average molecular weight is 509 g/mol. The largest absolute Gasteiger partial charge is 0.356 e. The summed E-state index contributed by atoms with van der Waals surface area (Å²) in [4.78, 5) is 0. The van der Waals surface area contributed by atoms with Gasteiger partial charge in [0.05, 0.1) is 0 Å². The van der Waals surface area contributed by atoms with Gasteiger partial charge in [-0.1, -0.05) is 36.0 Å². The molecule has 0 heterocycles. The van der Waals surface area contributed by atoms with Crippen molar-refractivity contribution in [3.05, 3.63) is 45.8 Å². The number of halogens is 2. The lowest BCUT2D eigenvalue weighted by Crippen LogP contribution is -2.46. The normalized spacial score (nSPS) is 15.0. The predicted octanol–water partition coefficient (Wildman–Crippen LogP) is 3.42. The Kier molecular flexibility index (Phi) is 12.0. The Morgan fingerprint density at radius 2 is 1.00 bits per heavy atom. The van der Waals surface area contributed by atoms with Gasteiger partial charge in [-0.15, -0.1) is 0 Å². The van der Waals surface area contributed by atoms with Gasteiger partial charge in [0, 0.05) is 34.5 Å². The van der Waals surface area contributed by atoms with Crippen LogP contribution in [-0.2, 0) is 0 Å². The molecule has 0 saturated carbocycles. The maximum Gasteiger partial charge on any atom is 0.199 e. The number of allylic oxidation sites excluding steroid dienone is 8. The van der Waals surface area contributed by atoms with Gasteiger partial charge >= 0.3 is 0 Å². The van der Waals surface area contributed by atoms with E-state index in [9.17, 15) is 0 Å². The lowest BCUT2D eigenvalue weighted by molar-refractivity contribution is 0.619. The van der Waals surface area contributed by atoms with Gasteiger partial charge in [0.1, 0.15) is 0 Å². The highest BCUT2D eigenvalue weighted by Gasteiger charge is 2.08. The van der Waals surface area contributed by atoms with Gasteiger partial charge in [-0.3, -0.25) is 32.3 Å². The minimum atomic E-state index is 0.0530. The Morgan fingerprint density at radius 1 is 0.588 bits per heavy atom. The first kappa shape index (κ1) is 27.3. The molecule has 10 N–H and O–H groups in total. The molecule has 2 rings (SSSR count). The summed E-state index contributed by atoms with van der Waals surface area (Å²) < 4.78 is 0. The van der Waals surface area contributed by atoms with Gasteiger partial charge in [-0.25, -0.2) is 0 Å². The third kappa shape index (κ3) is 11.8. The summed E-state index contributed by atoms with van der Waals surface area (Å²) in [7, 11) is 0. The van der Waals surface area contributed by atoms with Gasteiger partial charge < -0.3 is 21.3 Å². The van der Waals surface area contributed by atoms with Crippen LogP contribution in [0, 0.1) is 21.6 Å². The van der Waals surface area contributed by atoms with Gasteiger partial charge in [-0.05, 0) is 62.8 Å². The fourth-order valence-corrected chi connectivity index (χ4v) is 3.50. The van der Waals surface area contributed by atoms with Crippen LogP contribution in [0.2, 0.25) is 0 Å². The number of unbranched alkanes of at least 4 members (excludes halogenated alkanes) is 3. The summed E-state index contributed by atoms with van der Waals surface area (Å²) in [6.07, 6.45) is 14.1. The minimum absolute atomic E-state index is 0.0530. The summed E-state index contributed by atoms with van der Waals surface area (Å²) in [5.41, 5.74) is 1.79. The van der Waals surface area contributed by atoms with Crippen molar-refractivity contribution < 1.29 is 0 Å². The quantitative estimate of drug-likeness (QED) is 0.130. The maximum atomic E-state index is 7.89. The van der Waals surface area contributed by atoms with Crippen LogP contribution in [0.5, 0.6) is 0 Å². The molecule has 186 valence electrons. The van der Waals surface area contributed by atoms with Crippen molar-refractivity contribution in [2.24, 2.45) is 0 Å². The predicted molar refractivity (Wildman–Crippen MR) is 140 cm³/mol. The van der Waals surface area contributed by atoms with E-state index in [1.807, 2.05) is 24.3 Å². The molecule has 2 aliphatic rings. The molecule has 10 nitrogen and oxygen atoms in total. The SMILES string of the molecule is N=C(NCCCCCCNC(=N)NC(=N)NC1=CC=C(Cl)CC1)NC(=N)NC1=CC=C(Cl)CC1. The molecule has 0 spiro atoms. The molecule has 0 unspecified atom stereocenters. The minimum Gasteiger partial charge on any atom is -0.356 e. The van der Waals surface area contributed by atoms with E-state index in [1.54, 1.807) is 0 Å². The van der Waals surface area contributed by atoms with Crippen molar-refractivity contribution in [2.75, 3.05) is 13.1 Å². The number of guanidine groups is 4. The Labute approximate surface area is 210 Å². The third-order valence-corrected chi connectivity index (χ3v) is 5.61. The Morgan fingerprint density at radius 3 is 1.35 bits per heavy atom. The molecular weight excluding hydrogens is 475 g/mol. The van der Waals surface area contributed by atoms with Gasteiger partial charge in [0.2, 0.25) is 0 Å². The van der Waals surface area contributed by atoms with Crippen LogP contribution in [0.3, 0.4) is 0 Å². The number of hydrogen-bond acceptors (Lipinski definition) is 4. The fraction of sp³-hybridized carbons (Fsp3) is 0.455. The second-order valence-corrected chi connectivity index (χ2v) is 8.85. The molecule has 0 fully saturated rings. The first-order valence-corrected chi connectivity index (χ1v) is 12.1. The van der Waals surface area contributed by atoms with Crippen molar-refractivity contribution in [3.63, 3.8) is 0 Å². The topological polar surface area (TPSA) is 168 Å². The lowest BCUT2D eigenvalue weighted by atomic mass is 10.1. The van der Waals surface area contributed by atoms with Gasteiger partial charge in [-0.2, -0.15) is 0 Å². The molecule has 34 heavy (non-hydrogen) atoms. The van der Waals surface area contributed by atoms with E-state index in [4.69, 9.17) is 44.8 Å². The van der Waals surface area contributed by atoms with Crippen LogP contribution in [0.15, 0.2) is 45.8 Å². The van der Waals surface area contributed by atoms with Crippen molar-refractivity contribution in [1.29, 1.82) is 21.6 Å². The van der Waals surface area contributed by atoms with Gasteiger partial charge in [0.15, 0.2) is 23.8 Å². The third-order valence-electron chi connectivity index (χ3n) is 4.98. The molecule has 12 heteroatoms. The second-order valence-electron chi connectivity index (χ2n) is 7.88. The van der Waals surface area contributed by atoms with E-state index in [0.29, 0.717) is 13.1 Å². The molecule has 2 aliphatic carbocycles. The smallest absolute Gasteiger partial charge is 0.199 e. The van der Waals surface area contributed by atoms with Crippen LogP contribution in [0.25, 0.3) is 0 Å². The lowest BCUT2D eigenvalue weighted by Gasteiger charge is -2.16. The van der Waals surface area contributed by atoms with Crippen LogP contribution in [0.1, 0.15) is 51.4 Å². The van der Waals surface area contributed by atoms with Gasteiger partial charge in [0.25, 0.3) is 0 Å². The highest BCUT2D eigenvalue weighted by atomic mass is 35.5. The molecule has 0 aliphatic heterocycles. The van der Waals surface area contributed by atoms with E-state index in [-0.39, 0.29) is 23.8 Å². The summed E-state index contributed by atoms with van der Waals surface area (Å²) in [6.45, 7) is 1.29. The van der Waals surface area contributed by atoms with E-state index >= 15 is 0 Å². The second kappa shape index (κ2) is 15.0. The molecule has 0 amide bonds. The average Bonchev–Trinajstić information content (AvgIpc) is 2.78.